The van der Waals surface area contributed by atoms with E-state index in [0.29, 0.717) is 57.5 Å². The van der Waals surface area contributed by atoms with Crippen LogP contribution in [0.2, 0.25) is 0 Å². The third kappa shape index (κ3) is 12.5. The Balaban J connectivity index is 2.15. The van der Waals surface area contributed by atoms with Crippen LogP contribution < -0.4 is 14.2 Å². The zero-order chi connectivity index (χ0) is 37.4. The van der Waals surface area contributed by atoms with Crippen LogP contribution in [0.5, 0.6) is 17.2 Å². The summed E-state index contributed by atoms with van der Waals surface area (Å²) in [5.74, 6) is 20.1. The van der Waals surface area contributed by atoms with Gasteiger partial charge in [0.25, 0.3) is 0 Å². The number of rotatable bonds is 14. The average molecular weight is 688 g/mol. The molecule has 2 aromatic carbocycles. The zero-order valence-electron chi connectivity index (χ0n) is 32.0. The van der Waals surface area contributed by atoms with Crippen molar-refractivity contribution in [3.05, 3.63) is 81.2 Å². The molecule has 268 valence electrons. The predicted molar refractivity (Wildman–Crippen MR) is 206 cm³/mol. The van der Waals surface area contributed by atoms with Gasteiger partial charge in [-0.1, -0.05) is 104 Å². The van der Waals surface area contributed by atoms with Gasteiger partial charge in [0.1, 0.15) is 17.1 Å². The lowest BCUT2D eigenvalue weighted by molar-refractivity contribution is 0.0505. The summed E-state index contributed by atoms with van der Waals surface area (Å²) < 4.78 is 28.5. The molecular formula is C45H53NO5. The van der Waals surface area contributed by atoms with Crippen molar-refractivity contribution >= 4 is 0 Å². The fraction of sp³-hybridized carbons (Fsp3) is 0.444. The van der Waals surface area contributed by atoms with Crippen LogP contribution in [0.3, 0.4) is 0 Å². The number of unbranched alkanes of at least 4 members (excludes halogenated alkanes) is 5. The molecule has 0 spiro atoms. The first-order valence-electron chi connectivity index (χ1n) is 17.6. The van der Waals surface area contributed by atoms with E-state index in [1.165, 1.54) is 25.7 Å². The Morgan fingerprint density at radius 1 is 0.569 bits per heavy atom. The molecule has 0 aliphatic carbocycles. The summed E-state index contributed by atoms with van der Waals surface area (Å²) in [6.07, 6.45) is 18.8. The second-order valence-electron chi connectivity index (χ2n) is 14.4. The van der Waals surface area contributed by atoms with Gasteiger partial charge in [0.15, 0.2) is 25.1 Å². The van der Waals surface area contributed by atoms with Gasteiger partial charge in [0.2, 0.25) is 0 Å². The minimum atomic E-state index is -0.164. The monoisotopic (exact) mass is 687 g/mol. The van der Waals surface area contributed by atoms with E-state index in [0.717, 1.165) is 24.0 Å². The number of ether oxygens (including phenoxy) is 5. The van der Waals surface area contributed by atoms with Crippen molar-refractivity contribution in [3.63, 3.8) is 0 Å². The van der Waals surface area contributed by atoms with Crippen LogP contribution in [0.1, 0.15) is 132 Å². The van der Waals surface area contributed by atoms with Crippen LogP contribution in [-0.2, 0) is 20.3 Å². The maximum atomic E-state index is 6.24. The lowest BCUT2D eigenvalue weighted by Crippen LogP contribution is -2.13. The highest BCUT2D eigenvalue weighted by Gasteiger charge is 2.20. The fourth-order valence-electron chi connectivity index (χ4n) is 5.12. The summed E-state index contributed by atoms with van der Waals surface area (Å²) in [4.78, 5) is 4.81. The molecule has 1 heterocycles. The number of methoxy groups -OCH3 is 2. The lowest BCUT2D eigenvalue weighted by atomic mass is 9.84. The number of nitrogens with zero attached hydrogens (tertiary/aromatic N) is 1. The van der Waals surface area contributed by atoms with Crippen molar-refractivity contribution in [2.45, 2.75) is 97.8 Å². The van der Waals surface area contributed by atoms with Crippen molar-refractivity contribution < 1.29 is 23.7 Å². The van der Waals surface area contributed by atoms with Crippen molar-refractivity contribution in [3.8, 4) is 65.6 Å². The van der Waals surface area contributed by atoms with Crippen molar-refractivity contribution in [1.29, 1.82) is 0 Å². The fourth-order valence-corrected chi connectivity index (χ4v) is 5.12. The van der Waals surface area contributed by atoms with Gasteiger partial charge in [-0.15, -0.1) is 12.8 Å². The molecule has 3 rings (SSSR count). The van der Waals surface area contributed by atoms with Gasteiger partial charge in [-0.05, 0) is 64.5 Å². The highest BCUT2D eigenvalue weighted by molar-refractivity contribution is 5.62. The van der Waals surface area contributed by atoms with Crippen LogP contribution >= 0.6 is 0 Å². The molecule has 0 amide bonds. The number of hydrogen-bond donors (Lipinski definition) is 0. The van der Waals surface area contributed by atoms with E-state index in [-0.39, 0.29) is 24.4 Å². The summed E-state index contributed by atoms with van der Waals surface area (Å²) in [5.41, 5.74) is 5.22. The van der Waals surface area contributed by atoms with Crippen molar-refractivity contribution in [1.82, 2.24) is 4.98 Å². The van der Waals surface area contributed by atoms with Gasteiger partial charge in [0.05, 0.1) is 28.9 Å². The van der Waals surface area contributed by atoms with E-state index in [1.807, 2.05) is 36.4 Å². The Bertz CT molecular complexity index is 1720. The van der Waals surface area contributed by atoms with Crippen LogP contribution in [0.25, 0.3) is 0 Å². The molecule has 0 unspecified atom stereocenters. The molecule has 0 saturated heterocycles. The average Bonchev–Trinajstić information content (AvgIpc) is 3.09. The molecule has 1 aromatic heterocycles. The van der Waals surface area contributed by atoms with Gasteiger partial charge < -0.3 is 23.7 Å². The lowest BCUT2D eigenvalue weighted by Gasteiger charge is -2.21. The molecule has 0 bridgehead atoms. The Hall–Kier alpha value is -4.85. The molecule has 3 aromatic rings. The summed E-state index contributed by atoms with van der Waals surface area (Å²) in [5, 5.41) is 0. The van der Waals surface area contributed by atoms with E-state index in [4.69, 9.17) is 41.5 Å². The first-order chi connectivity index (χ1) is 24.3. The largest absolute Gasteiger partial charge is 0.493 e. The van der Waals surface area contributed by atoms with Gasteiger partial charge in [-0.2, -0.15) is 0 Å². The molecule has 0 aliphatic rings. The molecule has 0 radical (unpaired) electrons. The normalized spacial score (nSPS) is 11.0. The van der Waals surface area contributed by atoms with E-state index in [2.05, 4.69) is 84.0 Å². The Kier molecular flexibility index (Phi) is 15.5. The molecule has 0 aliphatic heterocycles. The Labute approximate surface area is 307 Å². The van der Waals surface area contributed by atoms with Gasteiger partial charge >= 0.3 is 0 Å². The third-order valence-electron chi connectivity index (χ3n) is 8.08. The molecule has 51 heavy (non-hydrogen) atoms. The van der Waals surface area contributed by atoms with Crippen LogP contribution in [0.4, 0.5) is 0 Å². The highest BCUT2D eigenvalue weighted by atomic mass is 16.7. The minimum Gasteiger partial charge on any atom is -0.493 e. The smallest absolute Gasteiger partial charge is 0.188 e. The molecule has 0 N–H and O–H groups in total. The van der Waals surface area contributed by atoms with Crippen molar-refractivity contribution in [2.75, 3.05) is 34.4 Å². The summed E-state index contributed by atoms with van der Waals surface area (Å²) >= 11 is 0. The van der Waals surface area contributed by atoms with Crippen LogP contribution in [0, 0.1) is 48.4 Å². The molecule has 0 atom stereocenters. The van der Waals surface area contributed by atoms with Gasteiger partial charge in [-0.25, -0.2) is 4.98 Å². The van der Waals surface area contributed by atoms with E-state index in [1.54, 1.807) is 14.2 Å². The number of aromatic nitrogens is 1. The van der Waals surface area contributed by atoms with Crippen LogP contribution in [-0.4, -0.2) is 39.4 Å². The summed E-state index contributed by atoms with van der Waals surface area (Å²) in [6.45, 7) is 15.6. The van der Waals surface area contributed by atoms with Crippen molar-refractivity contribution in [2.24, 2.45) is 0 Å². The molecule has 0 fully saturated rings. The summed E-state index contributed by atoms with van der Waals surface area (Å²) in [6, 6.07) is 11.6. The second-order valence-corrected chi connectivity index (χ2v) is 14.4. The number of hydrogen-bond acceptors (Lipinski definition) is 6. The van der Waals surface area contributed by atoms with Crippen LogP contribution in [0.15, 0.2) is 36.4 Å². The molecular weight excluding hydrogens is 634 g/mol. The minimum absolute atomic E-state index is 0.0336. The number of benzene rings is 2. The topological polar surface area (TPSA) is 59.0 Å². The van der Waals surface area contributed by atoms with E-state index < -0.39 is 0 Å². The van der Waals surface area contributed by atoms with E-state index >= 15 is 0 Å². The maximum absolute atomic E-state index is 6.24. The molecule has 0 saturated carbocycles. The van der Waals surface area contributed by atoms with E-state index in [9.17, 15) is 0 Å². The van der Waals surface area contributed by atoms with Gasteiger partial charge in [0, 0.05) is 26.4 Å². The SMILES string of the molecule is C#Cc1cc(C(C)(C)C)cc(C#Cc2cc(OCCCCCCCC)cc(C#Cc3cc(C(C)(C)C)cc(C#C)c3OCOC)n2)c1OCOC. The first kappa shape index (κ1) is 40.6. The number of terminal acetylenes is 2. The van der Waals surface area contributed by atoms with Gasteiger partial charge in [-0.3, -0.25) is 0 Å². The first-order valence-corrected chi connectivity index (χ1v) is 17.6. The standard InChI is InChI=1S/C45H53NO5/c1-12-15-16-17-18-19-24-49-41-29-39(22-20-35-27-37(44(4,5)6)25-33(13-2)42(35)50-31-47-10)46-40(30-41)23-21-36-28-38(45(7,8)9)26-34(14-3)43(36)51-32-48-11/h2-3,25-30H,12,15-19,24,31-32H2,1,4-11H3. The molecule has 6 nitrogen and oxygen atoms in total. The Morgan fingerprint density at radius 3 is 1.41 bits per heavy atom. The maximum Gasteiger partial charge on any atom is 0.188 e. The highest BCUT2D eigenvalue weighted by Crippen LogP contribution is 2.33. The summed E-state index contributed by atoms with van der Waals surface area (Å²) in [7, 11) is 3.12. The number of pyridine rings is 1. The second kappa shape index (κ2) is 19.5. The zero-order valence-corrected chi connectivity index (χ0v) is 32.0. The Morgan fingerprint density at radius 2 is 1.00 bits per heavy atom. The quantitative estimate of drug-likeness (QED) is 0.0958. The molecule has 6 heteroatoms. The third-order valence-corrected chi connectivity index (χ3v) is 8.08. The predicted octanol–water partition coefficient (Wildman–Crippen LogP) is 9.14.